The molecule has 0 heterocycles. The van der Waals surface area contributed by atoms with Crippen molar-refractivity contribution in [1.29, 1.82) is 0 Å². The lowest BCUT2D eigenvalue weighted by Crippen LogP contribution is -2.18. The maximum atomic E-state index is 12.3. The number of aryl methyl sites for hydroxylation is 1. The molecule has 0 aliphatic carbocycles. The summed E-state index contributed by atoms with van der Waals surface area (Å²) in [5.41, 5.74) is 5.42. The molecular weight excluding hydrogens is 310 g/mol. The molecule has 2 aromatic carbocycles. The average molecular weight is 339 g/mol. The van der Waals surface area contributed by atoms with Crippen LogP contribution in [0.2, 0.25) is 0 Å². The summed E-state index contributed by atoms with van der Waals surface area (Å²) in [5, 5.41) is 6.38. The van der Waals surface area contributed by atoms with E-state index >= 15 is 0 Å². The quantitative estimate of drug-likeness (QED) is 0.773. The summed E-state index contributed by atoms with van der Waals surface area (Å²) in [4.78, 5) is 14.4. The minimum absolute atomic E-state index is 0.0358. The van der Waals surface area contributed by atoms with Gasteiger partial charge in [-0.25, -0.2) is 0 Å². The van der Waals surface area contributed by atoms with Gasteiger partial charge in [0.05, 0.1) is 0 Å². The molecule has 0 spiro atoms. The average Bonchev–Trinajstić information content (AvgIpc) is 2.57. The summed E-state index contributed by atoms with van der Waals surface area (Å²) >= 11 is 0. The maximum absolute atomic E-state index is 12.3. The smallest absolute Gasteiger partial charge is 0.226 e. The summed E-state index contributed by atoms with van der Waals surface area (Å²) in [5.74, 6) is 0.414. The Morgan fingerprint density at radius 1 is 1.08 bits per heavy atom. The predicted molar refractivity (Wildman–Crippen MR) is 108 cm³/mol. The summed E-state index contributed by atoms with van der Waals surface area (Å²) < 4.78 is 0. The van der Waals surface area contributed by atoms with Crippen LogP contribution in [0.1, 0.15) is 37.3 Å². The molecule has 0 aliphatic rings. The van der Waals surface area contributed by atoms with Crippen LogP contribution in [0, 0.1) is 6.92 Å². The molecule has 25 heavy (non-hydrogen) atoms. The van der Waals surface area contributed by atoms with E-state index in [0.717, 1.165) is 22.6 Å². The van der Waals surface area contributed by atoms with Crippen molar-refractivity contribution >= 4 is 23.0 Å². The van der Waals surface area contributed by atoms with Crippen molar-refractivity contribution in [3.05, 3.63) is 53.6 Å². The molecule has 0 saturated carbocycles. The molecule has 1 amide bonds. The summed E-state index contributed by atoms with van der Waals surface area (Å²) in [6.07, 6.45) is 0.432. The zero-order chi connectivity index (χ0) is 18.4. The molecule has 4 nitrogen and oxygen atoms in total. The molecule has 0 aromatic heterocycles. The third kappa shape index (κ3) is 5.24. The Hall–Kier alpha value is -2.49. The highest BCUT2D eigenvalue weighted by Gasteiger charge is 2.11. The molecule has 0 bridgehead atoms. The highest BCUT2D eigenvalue weighted by atomic mass is 16.1. The highest BCUT2D eigenvalue weighted by molar-refractivity contribution is 5.92. The zero-order valence-electron chi connectivity index (χ0n) is 15.9. The van der Waals surface area contributed by atoms with E-state index in [4.69, 9.17) is 0 Å². The van der Waals surface area contributed by atoms with Gasteiger partial charge >= 0.3 is 0 Å². The van der Waals surface area contributed by atoms with E-state index in [2.05, 4.69) is 47.6 Å². The van der Waals surface area contributed by atoms with E-state index in [1.54, 1.807) is 0 Å². The van der Waals surface area contributed by atoms with Gasteiger partial charge in [0.1, 0.15) is 0 Å². The van der Waals surface area contributed by atoms with Gasteiger partial charge in [0, 0.05) is 44.1 Å². The van der Waals surface area contributed by atoms with E-state index in [0.29, 0.717) is 18.9 Å². The third-order valence-corrected chi connectivity index (χ3v) is 4.26. The van der Waals surface area contributed by atoms with Gasteiger partial charge < -0.3 is 15.5 Å². The largest absolute Gasteiger partial charge is 0.385 e. The van der Waals surface area contributed by atoms with Crippen molar-refractivity contribution in [2.75, 3.05) is 36.2 Å². The first kappa shape index (κ1) is 18.8. The second-order valence-corrected chi connectivity index (χ2v) is 6.86. The second kappa shape index (κ2) is 8.56. The van der Waals surface area contributed by atoms with Crippen molar-refractivity contribution in [2.24, 2.45) is 0 Å². The molecule has 0 fully saturated rings. The Morgan fingerprint density at radius 3 is 2.36 bits per heavy atom. The standard InChI is InChI=1S/C21H29N3O/c1-15(2)19-8-6-7-16(3)21(19)23-20(25)13-14-22-17-9-11-18(12-10-17)24(4)5/h6-12,15,22H,13-14H2,1-5H3,(H,23,25). The van der Waals surface area contributed by atoms with Crippen molar-refractivity contribution in [3.63, 3.8) is 0 Å². The highest BCUT2D eigenvalue weighted by Crippen LogP contribution is 2.27. The van der Waals surface area contributed by atoms with E-state index in [9.17, 15) is 4.79 Å². The van der Waals surface area contributed by atoms with Gasteiger partial charge in [-0.3, -0.25) is 4.79 Å². The third-order valence-electron chi connectivity index (χ3n) is 4.26. The number of carbonyl (C=O) groups excluding carboxylic acids is 1. The fourth-order valence-electron chi connectivity index (χ4n) is 2.74. The van der Waals surface area contributed by atoms with Crippen LogP contribution < -0.4 is 15.5 Å². The van der Waals surface area contributed by atoms with Gasteiger partial charge in [0.2, 0.25) is 5.91 Å². The van der Waals surface area contributed by atoms with Crippen LogP contribution in [-0.2, 0) is 4.79 Å². The van der Waals surface area contributed by atoms with Gasteiger partial charge in [-0.05, 0) is 48.2 Å². The first-order chi connectivity index (χ1) is 11.9. The van der Waals surface area contributed by atoms with Gasteiger partial charge in [0.15, 0.2) is 0 Å². The molecule has 2 N–H and O–H groups in total. The number of benzene rings is 2. The van der Waals surface area contributed by atoms with Crippen molar-refractivity contribution in [3.8, 4) is 0 Å². The predicted octanol–water partition coefficient (Wildman–Crippen LogP) is 4.63. The SMILES string of the molecule is Cc1cccc(C(C)C)c1NC(=O)CCNc1ccc(N(C)C)cc1. The number of para-hydroxylation sites is 1. The Kier molecular flexibility index (Phi) is 6.45. The Labute approximate surface area is 151 Å². The van der Waals surface area contributed by atoms with E-state index < -0.39 is 0 Å². The fourth-order valence-corrected chi connectivity index (χ4v) is 2.74. The van der Waals surface area contributed by atoms with E-state index in [-0.39, 0.29) is 5.91 Å². The molecule has 2 aromatic rings. The van der Waals surface area contributed by atoms with Crippen LogP contribution in [0.4, 0.5) is 17.1 Å². The molecular formula is C21H29N3O. The molecule has 134 valence electrons. The van der Waals surface area contributed by atoms with Crippen LogP contribution in [-0.4, -0.2) is 26.5 Å². The van der Waals surface area contributed by atoms with Crippen molar-refractivity contribution < 1.29 is 4.79 Å². The lowest BCUT2D eigenvalue weighted by Gasteiger charge is -2.17. The van der Waals surface area contributed by atoms with Gasteiger partial charge in [-0.15, -0.1) is 0 Å². The number of hydrogen-bond acceptors (Lipinski definition) is 3. The van der Waals surface area contributed by atoms with Crippen LogP contribution in [0.25, 0.3) is 0 Å². The van der Waals surface area contributed by atoms with Crippen molar-refractivity contribution in [2.45, 2.75) is 33.1 Å². The molecule has 2 rings (SSSR count). The number of nitrogens with one attached hydrogen (secondary N) is 2. The second-order valence-electron chi connectivity index (χ2n) is 6.86. The molecule has 0 radical (unpaired) electrons. The van der Waals surface area contributed by atoms with Crippen LogP contribution in [0.15, 0.2) is 42.5 Å². The van der Waals surface area contributed by atoms with Crippen LogP contribution in [0.5, 0.6) is 0 Å². The first-order valence-electron chi connectivity index (χ1n) is 8.79. The van der Waals surface area contributed by atoms with Crippen LogP contribution in [0.3, 0.4) is 0 Å². The van der Waals surface area contributed by atoms with Gasteiger partial charge in [-0.1, -0.05) is 32.0 Å². The van der Waals surface area contributed by atoms with Crippen LogP contribution >= 0.6 is 0 Å². The van der Waals surface area contributed by atoms with E-state index in [1.807, 2.05) is 45.3 Å². The molecule has 0 saturated heterocycles. The lowest BCUT2D eigenvalue weighted by molar-refractivity contribution is -0.115. The monoisotopic (exact) mass is 339 g/mol. The van der Waals surface area contributed by atoms with Crippen molar-refractivity contribution in [1.82, 2.24) is 0 Å². The zero-order valence-corrected chi connectivity index (χ0v) is 15.9. The van der Waals surface area contributed by atoms with Gasteiger partial charge in [0.25, 0.3) is 0 Å². The normalized spacial score (nSPS) is 10.6. The Morgan fingerprint density at radius 2 is 1.76 bits per heavy atom. The number of carbonyl (C=O) groups is 1. The molecule has 0 aliphatic heterocycles. The number of nitrogens with zero attached hydrogens (tertiary/aromatic N) is 1. The number of anilines is 3. The minimum Gasteiger partial charge on any atom is -0.385 e. The van der Waals surface area contributed by atoms with Gasteiger partial charge in [-0.2, -0.15) is 0 Å². The molecule has 4 heteroatoms. The lowest BCUT2D eigenvalue weighted by atomic mass is 9.98. The maximum Gasteiger partial charge on any atom is 0.226 e. The summed E-state index contributed by atoms with van der Waals surface area (Å²) in [7, 11) is 4.04. The Balaban J connectivity index is 1.89. The number of amides is 1. The Bertz CT molecular complexity index is 706. The first-order valence-corrected chi connectivity index (χ1v) is 8.79. The summed E-state index contributed by atoms with van der Waals surface area (Å²) in [6.45, 7) is 6.93. The minimum atomic E-state index is 0.0358. The summed E-state index contributed by atoms with van der Waals surface area (Å²) in [6, 6.07) is 14.3. The molecule has 0 atom stereocenters. The molecule has 0 unspecified atom stereocenters. The fraction of sp³-hybridized carbons (Fsp3) is 0.381. The number of hydrogen-bond donors (Lipinski definition) is 2. The van der Waals surface area contributed by atoms with E-state index in [1.165, 1.54) is 5.56 Å². The number of rotatable bonds is 7. The topological polar surface area (TPSA) is 44.4 Å².